The molecule has 2 fully saturated rings. The molecule has 0 amide bonds. The zero-order valence-corrected chi connectivity index (χ0v) is 13.1. The van der Waals surface area contributed by atoms with Crippen LogP contribution in [0.5, 0.6) is 5.88 Å². The van der Waals surface area contributed by atoms with E-state index in [2.05, 4.69) is 25.5 Å². The second kappa shape index (κ2) is 5.76. The van der Waals surface area contributed by atoms with E-state index in [-0.39, 0.29) is 0 Å². The third-order valence-corrected chi connectivity index (χ3v) is 5.41. The Morgan fingerprint density at radius 2 is 2.38 bits per heavy atom. The molecule has 0 spiro atoms. The molecule has 2 aromatic heterocycles. The molecule has 2 bridgehead atoms. The van der Waals surface area contributed by atoms with Crippen molar-refractivity contribution in [3.05, 3.63) is 28.1 Å². The van der Waals surface area contributed by atoms with Crippen LogP contribution in [0.3, 0.4) is 0 Å². The van der Waals surface area contributed by atoms with E-state index in [0.717, 1.165) is 23.7 Å². The Morgan fingerprint density at radius 1 is 1.38 bits per heavy atom. The van der Waals surface area contributed by atoms with Crippen molar-refractivity contribution in [2.24, 2.45) is 5.92 Å². The van der Waals surface area contributed by atoms with E-state index >= 15 is 0 Å². The average Bonchev–Trinajstić information content (AvgIpc) is 3.26. The third-order valence-electron chi connectivity index (χ3n) is 4.20. The van der Waals surface area contributed by atoms with Crippen LogP contribution in [-0.2, 0) is 0 Å². The minimum absolute atomic E-state index is 0.370. The zero-order valence-electron chi connectivity index (χ0n) is 11.5. The lowest BCUT2D eigenvalue weighted by molar-refractivity contribution is 0.323. The van der Waals surface area contributed by atoms with E-state index in [1.807, 2.05) is 16.8 Å². The van der Waals surface area contributed by atoms with Gasteiger partial charge >= 0.3 is 0 Å². The Kier molecular flexibility index (Phi) is 3.63. The highest BCUT2D eigenvalue weighted by Crippen LogP contribution is 2.41. The van der Waals surface area contributed by atoms with E-state index in [1.54, 1.807) is 11.3 Å². The van der Waals surface area contributed by atoms with E-state index in [9.17, 15) is 0 Å². The number of fused-ring (bicyclic) bond motifs is 2. The molecule has 108 valence electrons. The summed E-state index contributed by atoms with van der Waals surface area (Å²) in [6.07, 6.45) is 1.28. The maximum Gasteiger partial charge on any atom is 0.250 e. The summed E-state index contributed by atoms with van der Waals surface area (Å²) >= 11 is 2.90. The summed E-state index contributed by atoms with van der Waals surface area (Å²) in [6, 6.07) is 2.01. The Balaban J connectivity index is 1.41. The van der Waals surface area contributed by atoms with Gasteiger partial charge in [-0.2, -0.15) is 15.7 Å². The number of piperidine rings is 1. The number of rotatable bonds is 3. The first-order chi connectivity index (χ1) is 10.4. The smallest absolute Gasteiger partial charge is 0.250 e. The van der Waals surface area contributed by atoms with Crippen LogP contribution in [0.4, 0.5) is 0 Å². The second-order valence-electron chi connectivity index (χ2n) is 5.47. The lowest BCUT2D eigenvalue weighted by atomic mass is 9.90. The molecule has 2 aromatic rings. The first-order valence-corrected chi connectivity index (χ1v) is 8.76. The number of thiophene rings is 1. The van der Waals surface area contributed by atoms with Gasteiger partial charge in [0.1, 0.15) is 5.69 Å². The number of ether oxygens (including phenoxy) is 1. The zero-order chi connectivity index (χ0) is 14.1. The Bertz CT molecular complexity index is 671. The minimum atomic E-state index is 0.370. The molecule has 3 atom stereocenters. The summed E-state index contributed by atoms with van der Waals surface area (Å²) in [5.74, 6) is 8.04. The predicted molar refractivity (Wildman–Crippen MR) is 83.9 cm³/mol. The largest absolute Gasteiger partial charge is 0.463 e. The standard InChI is InChI=1S/C15H15N3OS2/c1(2-11-4-7-20-10-11)6-19-15-14(16-21-17-15)13-9-18-5-3-12(13)8-18/h4,7,10,12-13H,3,5-6,8-9H2. The summed E-state index contributed by atoms with van der Waals surface area (Å²) in [7, 11) is 0. The quantitative estimate of drug-likeness (QED) is 0.815. The molecule has 21 heavy (non-hydrogen) atoms. The number of hydrogen-bond acceptors (Lipinski definition) is 6. The molecule has 0 aliphatic carbocycles. The maximum absolute atomic E-state index is 5.74. The Morgan fingerprint density at radius 3 is 3.14 bits per heavy atom. The van der Waals surface area contributed by atoms with Crippen LogP contribution < -0.4 is 4.74 Å². The fourth-order valence-electron chi connectivity index (χ4n) is 3.19. The molecule has 4 nitrogen and oxygen atoms in total. The topological polar surface area (TPSA) is 38.3 Å². The molecule has 3 unspecified atom stereocenters. The minimum Gasteiger partial charge on any atom is -0.463 e. The summed E-state index contributed by atoms with van der Waals surface area (Å²) in [5.41, 5.74) is 2.09. The lowest BCUT2D eigenvalue weighted by Gasteiger charge is -2.20. The Hall–Kier alpha value is -1.42. The number of nitrogens with zero attached hydrogens (tertiary/aromatic N) is 3. The van der Waals surface area contributed by atoms with Gasteiger partial charge in [0.25, 0.3) is 0 Å². The van der Waals surface area contributed by atoms with Crippen molar-refractivity contribution in [2.45, 2.75) is 12.3 Å². The van der Waals surface area contributed by atoms with E-state index in [4.69, 9.17) is 4.74 Å². The molecule has 2 saturated heterocycles. The van der Waals surface area contributed by atoms with Crippen LogP contribution in [0.15, 0.2) is 16.8 Å². The normalized spacial score (nSPS) is 26.6. The summed E-state index contributed by atoms with van der Waals surface area (Å²) < 4.78 is 14.5. The fourth-order valence-corrected chi connectivity index (χ4v) is 4.34. The van der Waals surface area contributed by atoms with Gasteiger partial charge in [-0.05, 0) is 30.3 Å². The predicted octanol–water partition coefficient (Wildman–Crippen LogP) is 2.45. The van der Waals surface area contributed by atoms with Gasteiger partial charge in [-0.25, -0.2) is 0 Å². The monoisotopic (exact) mass is 317 g/mol. The van der Waals surface area contributed by atoms with Gasteiger partial charge in [-0.15, -0.1) is 4.37 Å². The van der Waals surface area contributed by atoms with Gasteiger partial charge in [-0.1, -0.05) is 11.8 Å². The molecule has 0 radical (unpaired) electrons. The van der Waals surface area contributed by atoms with Crippen LogP contribution >= 0.6 is 23.1 Å². The lowest BCUT2D eigenvalue weighted by Crippen LogP contribution is -2.22. The molecule has 0 N–H and O–H groups in total. The Labute approximate surface area is 132 Å². The molecular formula is C15H15N3OS2. The maximum atomic E-state index is 5.74. The molecule has 4 heterocycles. The summed E-state index contributed by atoms with van der Waals surface area (Å²) in [6.45, 7) is 3.92. The highest BCUT2D eigenvalue weighted by atomic mass is 32.1. The van der Waals surface area contributed by atoms with Gasteiger partial charge in [0, 0.05) is 30.0 Å². The van der Waals surface area contributed by atoms with Crippen molar-refractivity contribution in [1.82, 2.24) is 13.6 Å². The van der Waals surface area contributed by atoms with Crippen molar-refractivity contribution in [2.75, 3.05) is 26.2 Å². The molecule has 2 aliphatic rings. The van der Waals surface area contributed by atoms with Gasteiger partial charge < -0.3 is 9.64 Å². The summed E-state index contributed by atoms with van der Waals surface area (Å²) in [5, 5.41) is 4.06. The van der Waals surface area contributed by atoms with E-state index in [1.165, 1.54) is 31.2 Å². The van der Waals surface area contributed by atoms with Crippen LogP contribution in [0.1, 0.15) is 23.6 Å². The first kappa shape index (κ1) is 13.3. The van der Waals surface area contributed by atoms with Gasteiger partial charge in [0.05, 0.1) is 11.7 Å². The highest BCUT2D eigenvalue weighted by Gasteiger charge is 2.41. The van der Waals surface area contributed by atoms with Crippen molar-refractivity contribution in [3.63, 3.8) is 0 Å². The van der Waals surface area contributed by atoms with Crippen molar-refractivity contribution in [3.8, 4) is 17.7 Å². The van der Waals surface area contributed by atoms with Gasteiger partial charge in [0.2, 0.25) is 5.88 Å². The average molecular weight is 317 g/mol. The summed E-state index contributed by atoms with van der Waals surface area (Å²) in [4.78, 5) is 2.51. The van der Waals surface area contributed by atoms with Crippen LogP contribution in [0.25, 0.3) is 0 Å². The first-order valence-electron chi connectivity index (χ1n) is 7.09. The van der Waals surface area contributed by atoms with Crippen molar-refractivity contribution in [1.29, 1.82) is 0 Å². The molecule has 4 rings (SSSR count). The number of hydrogen-bond donors (Lipinski definition) is 0. The van der Waals surface area contributed by atoms with Gasteiger partial charge in [0.15, 0.2) is 6.61 Å². The van der Waals surface area contributed by atoms with Crippen molar-refractivity contribution >= 4 is 23.1 Å². The molecule has 0 saturated carbocycles. The van der Waals surface area contributed by atoms with Crippen molar-refractivity contribution < 1.29 is 4.74 Å². The third kappa shape index (κ3) is 2.69. The SMILES string of the molecule is C(#Cc1ccsc1)COc1nsnc1C1CN2CCC1C2. The van der Waals surface area contributed by atoms with Crippen LogP contribution in [0, 0.1) is 17.8 Å². The molecule has 2 aliphatic heterocycles. The number of aromatic nitrogens is 2. The molecular weight excluding hydrogens is 302 g/mol. The highest BCUT2D eigenvalue weighted by molar-refractivity contribution is 7.08. The second-order valence-corrected chi connectivity index (χ2v) is 6.78. The van der Waals surface area contributed by atoms with Crippen LogP contribution in [0.2, 0.25) is 0 Å². The molecule has 6 heteroatoms. The van der Waals surface area contributed by atoms with E-state index < -0.39 is 0 Å². The van der Waals surface area contributed by atoms with E-state index in [0.29, 0.717) is 18.4 Å². The van der Waals surface area contributed by atoms with Gasteiger partial charge in [-0.3, -0.25) is 0 Å². The van der Waals surface area contributed by atoms with Crippen LogP contribution in [-0.4, -0.2) is 39.9 Å². The molecule has 0 aromatic carbocycles. The fraction of sp³-hybridized carbons (Fsp3) is 0.467.